The Balaban J connectivity index is 1.56. The first-order valence-corrected chi connectivity index (χ1v) is 7.44. The van der Waals surface area contributed by atoms with Crippen LogP contribution in [0.4, 0.5) is 15.8 Å². The van der Waals surface area contributed by atoms with Crippen molar-refractivity contribution in [3.05, 3.63) is 59.9 Å². The highest BCUT2D eigenvalue weighted by molar-refractivity contribution is 6.03. The van der Waals surface area contributed by atoms with Gasteiger partial charge in [-0.3, -0.25) is 9.59 Å². The summed E-state index contributed by atoms with van der Waals surface area (Å²) in [4.78, 5) is 24.3. The van der Waals surface area contributed by atoms with Crippen LogP contribution in [-0.2, 0) is 9.59 Å². The molecule has 3 rings (SSSR count). The monoisotopic (exact) mass is 323 g/mol. The Bertz CT molecular complexity index is 827. The van der Waals surface area contributed by atoms with Gasteiger partial charge in [-0.2, -0.15) is 5.26 Å². The van der Waals surface area contributed by atoms with E-state index in [1.807, 2.05) is 6.07 Å². The van der Waals surface area contributed by atoms with Gasteiger partial charge in [-0.05, 0) is 48.9 Å². The minimum absolute atomic E-state index is 0.246. The van der Waals surface area contributed by atoms with Crippen molar-refractivity contribution in [2.75, 3.05) is 10.6 Å². The number of amides is 2. The van der Waals surface area contributed by atoms with Crippen LogP contribution in [0.5, 0.6) is 0 Å². The molecule has 2 aromatic carbocycles. The van der Waals surface area contributed by atoms with Crippen molar-refractivity contribution in [3.63, 3.8) is 0 Å². The van der Waals surface area contributed by atoms with Gasteiger partial charge >= 0.3 is 0 Å². The van der Waals surface area contributed by atoms with E-state index in [0.717, 1.165) is 0 Å². The average Bonchev–Trinajstić information content (AvgIpc) is 3.38. The summed E-state index contributed by atoms with van der Waals surface area (Å²) >= 11 is 0. The van der Waals surface area contributed by atoms with Gasteiger partial charge in [-0.1, -0.05) is 6.07 Å². The van der Waals surface area contributed by atoms with E-state index in [9.17, 15) is 14.0 Å². The molecule has 24 heavy (non-hydrogen) atoms. The number of benzene rings is 2. The molecule has 1 saturated carbocycles. The number of carbonyl (C=O) groups is 2. The van der Waals surface area contributed by atoms with E-state index in [2.05, 4.69) is 10.6 Å². The van der Waals surface area contributed by atoms with Crippen molar-refractivity contribution in [2.45, 2.75) is 6.42 Å². The highest BCUT2D eigenvalue weighted by atomic mass is 19.1. The maximum Gasteiger partial charge on any atom is 0.228 e. The second-order valence-electron chi connectivity index (χ2n) is 5.63. The Morgan fingerprint density at radius 3 is 2.25 bits per heavy atom. The molecule has 0 saturated heterocycles. The highest BCUT2D eigenvalue weighted by Crippen LogP contribution is 2.40. The number of rotatable bonds is 4. The maximum absolute atomic E-state index is 12.8. The van der Waals surface area contributed by atoms with Gasteiger partial charge in [0.2, 0.25) is 11.8 Å². The third-order valence-electron chi connectivity index (χ3n) is 3.83. The molecular weight excluding hydrogens is 309 g/mol. The Labute approximate surface area is 138 Å². The molecule has 1 aliphatic rings. The summed E-state index contributed by atoms with van der Waals surface area (Å²) in [6.07, 6.45) is 0.469. The number of nitrogens with one attached hydrogen (secondary N) is 2. The number of halogens is 1. The largest absolute Gasteiger partial charge is 0.326 e. The predicted molar refractivity (Wildman–Crippen MR) is 86.4 cm³/mol. The SMILES string of the molecule is N#Cc1cccc(NC(=O)C2CC2C(=O)Nc2ccc(F)cc2)c1. The van der Waals surface area contributed by atoms with E-state index >= 15 is 0 Å². The van der Waals surface area contributed by atoms with Crippen LogP contribution in [-0.4, -0.2) is 11.8 Å². The zero-order valence-electron chi connectivity index (χ0n) is 12.6. The molecule has 0 bridgehead atoms. The summed E-state index contributed by atoms with van der Waals surface area (Å²) in [6, 6.07) is 14.1. The molecule has 2 aromatic rings. The van der Waals surface area contributed by atoms with Crippen LogP contribution >= 0.6 is 0 Å². The fourth-order valence-electron chi connectivity index (χ4n) is 2.44. The van der Waals surface area contributed by atoms with Crippen LogP contribution < -0.4 is 10.6 Å². The van der Waals surface area contributed by atoms with E-state index in [1.165, 1.54) is 24.3 Å². The standard InChI is InChI=1S/C18H14FN3O2/c19-12-4-6-13(7-5-12)21-17(23)15-9-16(15)18(24)22-14-3-1-2-11(8-14)10-20/h1-8,15-16H,9H2,(H,21,23)(H,22,24). The van der Waals surface area contributed by atoms with E-state index in [4.69, 9.17) is 5.26 Å². The van der Waals surface area contributed by atoms with Crippen molar-refractivity contribution in [2.24, 2.45) is 11.8 Å². The minimum Gasteiger partial charge on any atom is -0.326 e. The van der Waals surface area contributed by atoms with Gasteiger partial charge in [-0.25, -0.2) is 4.39 Å². The minimum atomic E-state index is -0.394. The second-order valence-corrected chi connectivity index (χ2v) is 5.63. The van der Waals surface area contributed by atoms with Gasteiger partial charge in [0, 0.05) is 11.4 Å². The first-order valence-electron chi connectivity index (χ1n) is 7.44. The summed E-state index contributed by atoms with van der Waals surface area (Å²) in [7, 11) is 0. The van der Waals surface area contributed by atoms with Crippen molar-refractivity contribution in [3.8, 4) is 6.07 Å². The maximum atomic E-state index is 12.8. The lowest BCUT2D eigenvalue weighted by molar-refractivity contribution is -0.122. The number of anilines is 2. The summed E-state index contributed by atoms with van der Waals surface area (Å²) in [6.45, 7) is 0. The Morgan fingerprint density at radius 1 is 1.00 bits per heavy atom. The molecule has 6 heteroatoms. The van der Waals surface area contributed by atoms with Gasteiger partial charge in [0.15, 0.2) is 0 Å². The summed E-state index contributed by atoms with van der Waals surface area (Å²) in [5, 5.41) is 14.2. The molecule has 0 aliphatic heterocycles. The quantitative estimate of drug-likeness (QED) is 0.907. The van der Waals surface area contributed by atoms with Crippen LogP contribution in [0.25, 0.3) is 0 Å². The molecule has 0 radical (unpaired) electrons. The molecule has 1 aliphatic carbocycles. The molecule has 1 fully saturated rings. The number of nitriles is 1. The van der Waals surface area contributed by atoms with Gasteiger partial charge in [0.05, 0.1) is 23.5 Å². The Hall–Kier alpha value is -3.20. The summed E-state index contributed by atoms with van der Waals surface area (Å²) in [5.41, 5.74) is 1.48. The fraction of sp³-hybridized carbons (Fsp3) is 0.167. The Kier molecular flexibility index (Phi) is 4.25. The lowest BCUT2D eigenvalue weighted by Crippen LogP contribution is -2.20. The molecule has 2 N–H and O–H groups in total. The number of hydrogen-bond donors (Lipinski definition) is 2. The molecule has 0 heterocycles. The summed E-state index contributed by atoms with van der Waals surface area (Å²) < 4.78 is 12.8. The van der Waals surface area contributed by atoms with Crippen molar-refractivity contribution >= 4 is 23.2 Å². The van der Waals surface area contributed by atoms with E-state index in [1.54, 1.807) is 24.3 Å². The Morgan fingerprint density at radius 2 is 1.62 bits per heavy atom. The van der Waals surface area contributed by atoms with Crippen LogP contribution in [0.3, 0.4) is 0 Å². The smallest absolute Gasteiger partial charge is 0.228 e. The van der Waals surface area contributed by atoms with E-state index in [0.29, 0.717) is 23.4 Å². The topological polar surface area (TPSA) is 82.0 Å². The van der Waals surface area contributed by atoms with Crippen LogP contribution in [0.15, 0.2) is 48.5 Å². The second kappa shape index (κ2) is 6.50. The van der Waals surface area contributed by atoms with Gasteiger partial charge in [-0.15, -0.1) is 0 Å². The average molecular weight is 323 g/mol. The van der Waals surface area contributed by atoms with Crippen LogP contribution in [0, 0.1) is 29.0 Å². The molecule has 2 unspecified atom stereocenters. The normalized spacial score (nSPS) is 18.3. The molecule has 120 valence electrons. The zero-order valence-corrected chi connectivity index (χ0v) is 12.6. The molecule has 2 atom stereocenters. The first kappa shape index (κ1) is 15.7. The lowest BCUT2D eigenvalue weighted by atomic mass is 10.2. The van der Waals surface area contributed by atoms with Crippen LogP contribution in [0.2, 0.25) is 0 Å². The van der Waals surface area contributed by atoms with E-state index < -0.39 is 11.8 Å². The van der Waals surface area contributed by atoms with Gasteiger partial charge in [0.25, 0.3) is 0 Å². The third kappa shape index (κ3) is 3.58. The van der Waals surface area contributed by atoms with Gasteiger partial charge in [0.1, 0.15) is 5.82 Å². The van der Waals surface area contributed by atoms with Crippen LogP contribution in [0.1, 0.15) is 12.0 Å². The summed E-state index contributed by atoms with van der Waals surface area (Å²) in [5.74, 6) is -1.67. The number of hydrogen-bond acceptors (Lipinski definition) is 3. The lowest BCUT2D eigenvalue weighted by Gasteiger charge is -2.06. The molecule has 0 aromatic heterocycles. The van der Waals surface area contributed by atoms with E-state index in [-0.39, 0.29) is 17.6 Å². The number of carbonyl (C=O) groups excluding carboxylic acids is 2. The van der Waals surface area contributed by atoms with Gasteiger partial charge < -0.3 is 10.6 Å². The zero-order chi connectivity index (χ0) is 17.1. The van der Waals surface area contributed by atoms with Crippen molar-refractivity contribution < 1.29 is 14.0 Å². The fourth-order valence-corrected chi connectivity index (χ4v) is 2.44. The number of nitrogens with zero attached hydrogens (tertiary/aromatic N) is 1. The first-order chi connectivity index (χ1) is 11.6. The molecular formula is C18H14FN3O2. The molecule has 2 amide bonds. The highest BCUT2D eigenvalue weighted by Gasteiger charge is 2.48. The molecule has 0 spiro atoms. The molecule has 5 nitrogen and oxygen atoms in total. The van der Waals surface area contributed by atoms with Crippen molar-refractivity contribution in [1.29, 1.82) is 5.26 Å². The van der Waals surface area contributed by atoms with Crippen molar-refractivity contribution in [1.82, 2.24) is 0 Å². The third-order valence-corrected chi connectivity index (χ3v) is 3.83. The predicted octanol–water partition coefficient (Wildman–Crippen LogP) is 2.91.